The summed E-state index contributed by atoms with van der Waals surface area (Å²) in [5.74, 6) is 2.83. The van der Waals surface area contributed by atoms with E-state index in [1.54, 1.807) is 12.1 Å². The predicted molar refractivity (Wildman–Crippen MR) is 109 cm³/mol. The van der Waals surface area contributed by atoms with Crippen LogP contribution in [0.5, 0.6) is 0 Å². The third kappa shape index (κ3) is 3.61. The van der Waals surface area contributed by atoms with Gasteiger partial charge in [0.05, 0.1) is 5.92 Å². The van der Waals surface area contributed by atoms with Crippen LogP contribution < -0.4 is 5.32 Å². The first kappa shape index (κ1) is 19.5. The van der Waals surface area contributed by atoms with Gasteiger partial charge in [0.25, 0.3) is 0 Å². The van der Waals surface area contributed by atoms with Crippen molar-refractivity contribution in [3.8, 4) is 0 Å². The third-order valence-electron chi connectivity index (χ3n) is 7.81. The fourth-order valence-corrected chi connectivity index (χ4v) is 8.04. The van der Waals surface area contributed by atoms with Gasteiger partial charge in [0.1, 0.15) is 4.90 Å². The number of rotatable bonds is 4. The number of piperidine rings is 1. The van der Waals surface area contributed by atoms with Crippen molar-refractivity contribution in [2.24, 2.45) is 29.6 Å². The van der Waals surface area contributed by atoms with E-state index in [0.717, 1.165) is 30.4 Å². The van der Waals surface area contributed by atoms with Crippen LogP contribution in [0.4, 0.5) is 0 Å². The highest BCUT2D eigenvalue weighted by Gasteiger charge is 2.49. The molecule has 0 aromatic carbocycles. The maximum Gasteiger partial charge on any atom is 0.244 e. The first-order valence-electron chi connectivity index (χ1n) is 11.1. The molecule has 5 fully saturated rings. The zero-order valence-corrected chi connectivity index (χ0v) is 17.9. The summed E-state index contributed by atoms with van der Waals surface area (Å²) in [6, 6.07) is 3.63. The summed E-state index contributed by atoms with van der Waals surface area (Å²) in [6.07, 6.45) is 9.37. The highest BCUT2D eigenvalue weighted by Crippen LogP contribution is 2.53. The number of hydrogen-bond donors (Lipinski definition) is 1. The number of hydrogen-bond acceptors (Lipinski definition) is 4. The lowest BCUT2D eigenvalue weighted by molar-refractivity contribution is -0.130. The van der Waals surface area contributed by atoms with Crippen LogP contribution in [-0.4, -0.2) is 42.7 Å². The van der Waals surface area contributed by atoms with Gasteiger partial charge in [-0.1, -0.05) is 0 Å². The zero-order valence-electron chi connectivity index (χ0n) is 17.1. The van der Waals surface area contributed by atoms with Crippen LogP contribution in [-0.2, 0) is 14.8 Å². The van der Waals surface area contributed by atoms with Crippen LogP contribution in [0.25, 0.3) is 0 Å². The molecule has 1 unspecified atom stereocenters. The topological polar surface area (TPSA) is 79.4 Å². The Morgan fingerprint density at radius 1 is 1.10 bits per heavy atom. The SMILES string of the molecule is Cc1ccc(S(=O)(=O)N2CCCC(C(=O)NC3C4CC5CC(C4)CC3C5)C2)cn1. The van der Waals surface area contributed by atoms with Crippen molar-refractivity contribution in [3.05, 3.63) is 24.0 Å². The number of nitrogens with zero attached hydrogens (tertiary/aromatic N) is 2. The number of nitrogens with one attached hydrogen (secondary N) is 1. The second-order valence-corrected chi connectivity index (χ2v) is 11.7. The summed E-state index contributed by atoms with van der Waals surface area (Å²) in [5, 5.41) is 3.38. The van der Waals surface area contributed by atoms with E-state index in [1.165, 1.54) is 42.6 Å². The molecule has 1 atom stereocenters. The molecule has 4 bridgehead atoms. The van der Waals surface area contributed by atoms with Gasteiger partial charge < -0.3 is 5.32 Å². The molecule has 7 heteroatoms. The van der Waals surface area contributed by atoms with E-state index in [0.29, 0.717) is 24.4 Å². The number of aromatic nitrogens is 1. The van der Waals surface area contributed by atoms with E-state index in [2.05, 4.69) is 10.3 Å². The molecule has 2 heterocycles. The lowest BCUT2D eigenvalue weighted by Gasteiger charge is -2.54. The van der Waals surface area contributed by atoms with Gasteiger partial charge in [0.2, 0.25) is 15.9 Å². The number of pyridine rings is 1. The lowest BCUT2D eigenvalue weighted by Crippen LogP contribution is -2.57. The maximum absolute atomic E-state index is 13.1. The van der Waals surface area contributed by atoms with E-state index >= 15 is 0 Å². The minimum absolute atomic E-state index is 0.0596. The molecule has 1 aromatic rings. The zero-order chi connectivity index (χ0) is 20.2. The Morgan fingerprint density at radius 2 is 1.79 bits per heavy atom. The molecule has 1 aromatic heterocycles. The van der Waals surface area contributed by atoms with E-state index in [1.807, 2.05) is 6.92 Å². The van der Waals surface area contributed by atoms with E-state index < -0.39 is 10.0 Å². The number of aryl methyl sites for hydroxylation is 1. The Morgan fingerprint density at radius 3 is 2.41 bits per heavy atom. The fraction of sp³-hybridized carbons (Fsp3) is 0.727. The van der Waals surface area contributed by atoms with Crippen molar-refractivity contribution < 1.29 is 13.2 Å². The molecule has 6 rings (SSSR count). The van der Waals surface area contributed by atoms with Gasteiger partial charge >= 0.3 is 0 Å². The van der Waals surface area contributed by atoms with Crippen molar-refractivity contribution in [3.63, 3.8) is 0 Å². The number of carbonyl (C=O) groups excluding carboxylic acids is 1. The van der Waals surface area contributed by atoms with Crippen LogP contribution in [0.1, 0.15) is 50.6 Å². The van der Waals surface area contributed by atoms with Gasteiger partial charge in [0.15, 0.2) is 0 Å². The van der Waals surface area contributed by atoms with E-state index in [4.69, 9.17) is 0 Å². The molecular weight excluding hydrogens is 386 g/mol. The molecule has 4 saturated carbocycles. The summed E-state index contributed by atoms with van der Waals surface area (Å²) >= 11 is 0. The molecule has 4 aliphatic carbocycles. The summed E-state index contributed by atoms with van der Waals surface area (Å²) < 4.78 is 27.5. The Bertz CT molecular complexity index is 855. The van der Waals surface area contributed by atoms with Crippen molar-refractivity contribution in [1.82, 2.24) is 14.6 Å². The Kier molecular flexibility index (Phi) is 4.93. The van der Waals surface area contributed by atoms with Crippen LogP contribution in [0.2, 0.25) is 0 Å². The minimum atomic E-state index is -3.60. The fourth-order valence-electron chi connectivity index (χ4n) is 6.57. The van der Waals surface area contributed by atoms with Gasteiger partial charge in [0, 0.05) is 31.0 Å². The molecule has 158 valence electrons. The quantitative estimate of drug-likeness (QED) is 0.817. The first-order valence-corrected chi connectivity index (χ1v) is 12.6. The smallest absolute Gasteiger partial charge is 0.244 e. The summed E-state index contributed by atoms with van der Waals surface area (Å²) in [4.78, 5) is 17.4. The molecule has 29 heavy (non-hydrogen) atoms. The maximum atomic E-state index is 13.1. The van der Waals surface area contributed by atoms with Crippen molar-refractivity contribution in [1.29, 1.82) is 0 Å². The molecule has 5 aliphatic rings. The van der Waals surface area contributed by atoms with Gasteiger partial charge in [-0.3, -0.25) is 9.78 Å². The van der Waals surface area contributed by atoms with Crippen LogP contribution in [0.3, 0.4) is 0 Å². The molecular formula is C22H31N3O3S. The number of carbonyl (C=O) groups is 1. The second-order valence-electron chi connectivity index (χ2n) is 9.80. The first-order chi connectivity index (χ1) is 13.9. The van der Waals surface area contributed by atoms with Crippen LogP contribution in [0.15, 0.2) is 23.2 Å². The average Bonchev–Trinajstić information content (AvgIpc) is 2.70. The average molecular weight is 418 g/mol. The Balaban J connectivity index is 1.26. The van der Waals surface area contributed by atoms with E-state index in [-0.39, 0.29) is 23.3 Å². The lowest BCUT2D eigenvalue weighted by atomic mass is 9.54. The van der Waals surface area contributed by atoms with Gasteiger partial charge in [-0.15, -0.1) is 0 Å². The second kappa shape index (κ2) is 7.34. The molecule has 1 N–H and O–H groups in total. The third-order valence-corrected chi connectivity index (χ3v) is 9.66. The molecule has 1 aliphatic heterocycles. The monoisotopic (exact) mass is 417 g/mol. The highest BCUT2D eigenvalue weighted by molar-refractivity contribution is 7.89. The van der Waals surface area contributed by atoms with Crippen molar-refractivity contribution in [2.45, 2.75) is 62.8 Å². The number of amides is 1. The summed E-state index contributed by atoms with van der Waals surface area (Å²) in [5.41, 5.74) is 0.788. The standard InChI is InChI=1S/C22H31N3O3S/c1-14-4-5-20(12-23-14)29(27,28)25-6-2-3-17(13-25)22(26)24-21-18-8-15-7-16(10-18)11-19(21)9-15/h4-5,12,15-19,21H,2-3,6-11,13H2,1H3,(H,24,26). The van der Waals surface area contributed by atoms with Crippen molar-refractivity contribution >= 4 is 15.9 Å². The van der Waals surface area contributed by atoms with Crippen LogP contribution >= 0.6 is 0 Å². The summed E-state index contributed by atoms with van der Waals surface area (Å²) in [6.45, 7) is 2.58. The molecule has 1 amide bonds. The molecule has 0 spiro atoms. The molecule has 1 saturated heterocycles. The minimum Gasteiger partial charge on any atom is -0.353 e. The van der Waals surface area contributed by atoms with Gasteiger partial charge in [-0.25, -0.2) is 8.42 Å². The number of sulfonamides is 1. The van der Waals surface area contributed by atoms with Crippen LogP contribution in [0, 0.1) is 36.5 Å². The Labute approximate surface area is 173 Å². The summed E-state index contributed by atoms with van der Waals surface area (Å²) in [7, 11) is -3.60. The van der Waals surface area contributed by atoms with Crippen molar-refractivity contribution in [2.75, 3.05) is 13.1 Å². The Hall–Kier alpha value is -1.47. The highest BCUT2D eigenvalue weighted by atomic mass is 32.2. The largest absolute Gasteiger partial charge is 0.353 e. The normalized spacial score (nSPS) is 36.9. The predicted octanol–water partition coefficient (Wildman–Crippen LogP) is 2.73. The molecule has 6 nitrogen and oxygen atoms in total. The van der Waals surface area contributed by atoms with E-state index in [9.17, 15) is 13.2 Å². The van der Waals surface area contributed by atoms with Gasteiger partial charge in [-0.05, 0) is 87.7 Å². The van der Waals surface area contributed by atoms with Gasteiger partial charge in [-0.2, -0.15) is 4.31 Å². The molecule has 0 radical (unpaired) electrons.